The summed E-state index contributed by atoms with van der Waals surface area (Å²) < 4.78 is 5.43. The fourth-order valence-corrected chi connectivity index (χ4v) is 1.84. The molecule has 0 saturated heterocycles. The predicted octanol–water partition coefficient (Wildman–Crippen LogP) is 2.11. The standard InChI is InChI=1S/C10H12N2O3.ClH/c1-6-2-3-8(12(13)14)9-7(11)4-5-15-10(6)9;/h2-3,7H,4-5,11H2,1H3;1H/t7-;/m0./s1. The van der Waals surface area contributed by atoms with Crippen molar-refractivity contribution in [3.63, 3.8) is 0 Å². The molecule has 0 aliphatic carbocycles. The number of nitrogens with zero attached hydrogens (tertiary/aromatic N) is 1. The van der Waals surface area contributed by atoms with Gasteiger partial charge in [0.05, 0.1) is 17.1 Å². The molecule has 5 nitrogen and oxygen atoms in total. The van der Waals surface area contributed by atoms with Gasteiger partial charge in [0.25, 0.3) is 5.69 Å². The summed E-state index contributed by atoms with van der Waals surface area (Å²) in [6.07, 6.45) is 0.622. The van der Waals surface area contributed by atoms with Gasteiger partial charge in [-0.25, -0.2) is 0 Å². The van der Waals surface area contributed by atoms with Crippen LogP contribution in [0.3, 0.4) is 0 Å². The third kappa shape index (κ3) is 1.96. The lowest BCUT2D eigenvalue weighted by atomic mass is 9.97. The van der Waals surface area contributed by atoms with Gasteiger partial charge in [-0.1, -0.05) is 0 Å². The van der Waals surface area contributed by atoms with E-state index in [0.29, 0.717) is 24.3 Å². The molecule has 1 heterocycles. The molecule has 1 aromatic rings. The molecule has 2 N–H and O–H groups in total. The minimum Gasteiger partial charge on any atom is -0.493 e. The zero-order chi connectivity index (χ0) is 11.0. The SMILES string of the molecule is Cc1ccc([N+](=O)[O-])c2c1OCC[C@@H]2N.Cl. The van der Waals surface area contributed by atoms with Gasteiger partial charge in [-0.15, -0.1) is 12.4 Å². The van der Waals surface area contributed by atoms with Crippen molar-refractivity contribution in [3.05, 3.63) is 33.4 Å². The van der Waals surface area contributed by atoms with Gasteiger partial charge in [0.1, 0.15) is 5.75 Å². The first-order valence-corrected chi connectivity index (χ1v) is 4.77. The lowest BCUT2D eigenvalue weighted by Crippen LogP contribution is -2.22. The Labute approximate surface area is 99.1 Å². The maximum Gasteiger partial charge on any atom is 0.277 e. The number of hydrogen-bond donors (Lipinski definition) is 1. The molecule has 0 aromatic heterocycles. The Bertz CT molecular complexity index is 423. The van der Waals surface area contributed by atoms with Crippen molar-refractivity contribution in [2.24, 2.45) is 5.73 Å². The van der Waals surface area contributed by atoms with Crippen LogP contribution in [-0.4, -0.2) is 11.5 Å². The van der Waals surface area contributed by atoms with E-state index < -0.39 is 4.92 Å². The number of nitro groups is 1. The van der Waals surface area contributed by atoms with Gasteiger partial charge in [0.15, 0.2) is 0 Å². The zero-order valence-corrected chi connectivity index (χ0v) is 9.62. The van der Waals surface area contributed by atoms with Crippen molar-refractivity contribution in [1.82, 2.24) is 0 Å². The third-order valence-corrected chi connectivity index (χ3v) is 2.61. The van der Waals surface area contributed by atoms with Crippen molar-refractivity contribution < 1.29 is 9.66 Å². The highest BCUT2D eigenvalue weighted by atomic mass is 35.5. The smallest absolute Gasteiger partial charge is 0.277 e. The number of ether oxygens (including phenoxy) is 1. The summed E-state index contributed by atoms with van der Waals surface area (Å²) in [5.41, 5.74) is 7.36. The molecule has 1 atom stereocenters. The highest BCUT2D eigenvalue weighted by Gasteiger charge is 2.28. The summed E-state index contributed by atoms with van der Waals surface area (Å²) in [5, 5.41) is 10.8. The van der Waals surface area contributed by atoms with Gasteiger partial charge in [0, 0.05) is 18.5 Å². The number of nitro benzene ring substituents is 1. The summed E-state index contributed by atoms with van der Waals surface area (Å²) in [5.74, 6) is 0.586. The van der Waals surface area contributed by atoms with Crippen LogP contribution in [0.4, 0.5) is 5.69 Å². The van der Waals surface area contributed by atoms with Gasteiger partial charge in [-0.3, -0.25) is 10.1 Å². The summed E-state index contributed by atoms with van der Waals surface area (Å²) in [4.78, 5) is 10.4. The number of benzene rings is 1. The maximum absolute atomic E-state index is 10.8. The highest BCUT2D eigenvalue weighted by Crippen LogP contribution is 2.39. The van der Waals surface area contributed by atoms with Crippen LogP contribution in [0.2, 0.25) is 0 Å². The average Bonchev–Trinajstić information content (AvgIpc) is 2.19. The minimum atomic E-state index is -0.410. The fourth-order valence-electron chi connectivity index (χ4n) is 1.84. The van der Waals surface area contributed by atoms with Crippen molar-refractivity contribution >= 4 is 18.1 Å². The van der Waals surface area contributed by atoms with Gasteiger partial charge in [0.2, 0.25) is 0 Å². The van der Waals surface area contributed by atoms with Gasteiger partial charge >= 0.3 is 0 Å². The van der Waals surface area contributed by atoms with Crippen LogP contribution in [0.25, 0.3) is 0 Å². The molecule has 0 amide bonds. The summed E-state index contributed by atoms with van der Waals surface area (Å²) in [6, 6.07) is 2.88. The molecule has 0 unspecified atom stereocenters. The molecule has 0 fully saturated rings. The number of rotatable bonds is 1. The summed E-state index contributed by atoms with van der Waals surface area (Å²) in [7, 11) is 0. The van der Waals surface area contributed by atoms with E-state index in [0.717, 1.165) is 5.56 Å². The van der Waals surface area contributed by atoms with E-state index in [1.54, 1.807) is 6.07 Å². The average molecular weight is 245 g/mol. The molecule has 1 aromatic carbocycles. The molecule has 88 valence electrons. The Morgan fingerprint density at radius 2 is 2.25 bits per heavy atom. The summed E-state index contributed by atoms with van der Waals surface area (Å²) >= 11 is 0. The predicted molar refractivity (Wildman–Crippen MR) is 62.1 cm³/mol. The molecule has 1 aliphatic heterocycles. The van der Waals surface area contributed by atoms with Crippen LogP contribution in [0.1, 0.15) is 23.6 Å². The van der Waals surface area contributed by atoms with E-state index in [9.17, 15) is 10.1 Å². The van der Waals surface area contributed by atoms with Crippen LogP contribution in [0.15, 0.2) is 12.1 Å². The lowest BCUT2D eigenvalue weighted by Gasteiger charge is -2.23. The Kier molecular flexibility index (Phi) is 3.72. The molecule has 6 heteroatoms. The summed E-state index contributed by atoms with van der Waals surface area (Å²) in [6.45, 7) is 2.39. The molecule has 2 rings (SSSR count). The van der Waals surface area contributed by atoms with Crippen LogP contribution in [0.5, 0.6) is 5.75 Å². The molecule has 1 aliphatic rings. The first kappa shape index (κ1) is 12.7. The normalized spacial score (nSPS) is 18.0. The topological polar surface area (TPSA) is 78.4 Å². The Morgan fingerprint density at radius 1 is 1.56 bits per heavy atom. The second-order valence-electron chi connectivity index (χ2n) is 3.65. The fraction of sp³-hybridized carbons (Fsp3) is 0.400. The maximum atomic E-state index is 10.8. The quantitative estimate of drug-likeness (QED) is 0.606. The van der Waals surface area contributed by atoms with Crippen molar-refractivity contribution in [2.45, 2.75) is 19.4 Å². The van der Waals surface area contributed by atoms with E-state index in [2.05, 4.69) is 0 Å². The Hall–Kier alpha value is -1.33. The van der Waals surface area contributed by atoms with Crippen molar-refractivity contribution in [2.75, 3.05) is 6.61 Å². The molecule has 0 saturated carbocycles. The monoisotopic (exact) mass is 244 g/mol. The number of aryl methyl sites for hydroxylation is 1. The third-order valence-electron chi connectivity index (χ3n) is 2.61. The lowest BCUT2D eigenvalue weighted by molar-refractivity contribution is -0.385. The van der Waals surface area contributed by atoms with E-state index >= 15 is 0 Å². The van der Waals surface area contributed by atoms with Crippen molar-refractivity contribution in [1.29, 1.82) is 0 Å². The first-order chi connectivity index (χ1) is 7.11. The Balaban J connectivity index is 0.00000128. The molecular formula is C10H13ClN2O3. The van der Waals surface area contributed by atoms with Crippen molar-refractivity contribution in [3.8, 4) is 5.75 Å². The molecule has 0 radical (unpaired) electrons. The molecule has 16 heavy (non-hydrogen) atoms. The zero-order valence-electron chi connectivity index (χ0n) is 8.80. The van der Waals surface area contributed by atoms with Crippen LogP contribution >= 0.6 is 12.4 Å². The van der Waals surface area contributed by atoms with Crippen LogP contribution in [-0.2, 0) is 0 Å². The first-order valence-electron chi connectivity index (χ1n) is 4.77. The Morgan fingerprint density at radius 3 is 2.88 bits per heavy atom. The van der Waals surface area contributed by atoms with E-state index in [1.807, 2.05) is 6.92 Å². The largest absolute Gasteiger partial charge is 0.493 e. The molecular weight excluding hydrogens is 232 g/mol. The van der Waals surface area contributed by atoms with Gasteiger partial charge < -0.3 is 10.5 Å². The van der Waals surface area contributed by atoms with E-state index in [-0.39, 0.29) is 24.1 Å². The molecule has 0 bridgehead atoms. The van der Waals surface area contributed by atoms with E-state index in [4.69, 9.17) is 10.5 Å². The number of halogens is 1. The van der Waals surface area contributed by atoms with Gasteiger partial charge in [-0.2, -0.15) is 0 Å². The van der Waals surface area contributed by atoms with Crippen LogP contribution in [0, 0.1) is 17.0 Å². The van der Waals surface area contributed by atoms with E-state index in [1.165, 1.54) is 6.07 Å². The van der Waals surface area contributed by atoms with Crippen LogP contribution < -0.4 is 10.5 Å². The second kappa shape index (κ2) is 4.67. The number of fused-ring (bicyclic) bond motifs is 1. The minimum absolute atomic E-state index is 0. The second-order valence-corrected chi connectivity index (χ2v) is 3.65. The highest BCUT2D eigenvalue weighted by molar-refractivity contribution is 5.85. The number of hydrogen-bond acceptors (Lipinski definition) is 4. The molecule has 0 spiro atoms. The van der Waals surface area contributed by atoms with Gasteiger partial charge in [-0.05, 0) is 18.6 Å². The number of nitrogens with two attached hydrogens (primary N) is 1.